The number of nitrogens with zero attached hydrogens (tertiary/aromatic N) is 5. The zero-order valence-corrected chi connectivity index (χ0v) is 19.2. The number of anilines is 3. The lowest BCUT2D eigenvalue weighted by Gasteiger charge is -2.20. The predicted octanol–water partition coefficient (Wildman–Crippen LogP) is 4.65. The maximum atomic E-state index is 13.9. The smallest absolute Gasteiger partial charge is 0.224 e. The normalized spacial score (nSPS) is 14.7. The van der Waals surface area contributed by atoms with E-state index in [0.717, 1.165) is 11.1 Å². The van der Waals surface area contributed by atoms with E-state index >= 15 is 0 Å². The number of hydrogen-bond acceptors (Lipinski definition) is 7. The lowest BCUT2D eigenvalue weighted by atomic mass is 10.1. The highest BCUT2D eigenvalue weighted by atomic mass is 19.1. The van der Waals surface area contributed by atoms with Gasteiger partial charge in [0.1, 0.15) is 23.2 Å². The highest BCUT2D eigenvalue weighted by Crippen LogP contribution is 2.39. The number of hydrazine groups is 1. The lowest BCUT2D eigenvalue weighted by molar-refractivity contribution is -0.115. The van der Waals surface area contributed by atoms with Gasteiger partial charge in [-0.05, 0) is 30.3 Å². The minimum atomic E-state index is -0.338. The number of H-pyrrole nitrogens is 1. The zero-order chi connectivity index (χ0) is 24.6. The molecule has 5 heterocycles. The van der Waals surface area contributed by atoms with Crippen LogP contribution >= 0.6 is 0 Å². The summed E-state index contributed by atoms with van der Waals surface area (Å²) in [5.41, 5.74) is 8.36. The van der Waals surface area contributed by atoms with Crippen LogP contribution in [0.1, 0.15) is 30.8 Å². The maximum absolute atomic E-state index is 13.9. The first-order valence-corrected chi connectivity index (χ1v) is 11.5. The average Bonchev–Trinajstić information content (AvgIpc) is 3.50. The minimum absolute atomic E-state index is 0.0929. The second-order valence-corrected chi connectivity index (χ2v) is 8.34. The standard InChI is InChI=1S/C26H21FN8O/c1-2-21(36)31-17-12-18(14-28-13-17)35-26-19(7-4-9-30-26)23(34-35)25-32-20-8-10-29-22(24(20)33-25)15-5-3-6-16(27)11-15/h3-14,23,34H,2H2,1H3,(H,31,36)(H,32,33). The van der Waals surface area contributed by atoms with Gasteiger partial charge in [-0.1, -0.05) is 25.1 Å². The Kier molecular flexibility index (Phi) is 5.34. The summed E-state index contributed by atoms with van der Waals surface area (Å²) in [4.78, 5) is 33.5. The number of nitrogens with one attached hydrogen (secondary N) is 3. The summed E-state index contributed by atoms with van der Waals surface area (Å²) in [7, 11) is 0. The van der Waals surface area contributed by atoms with Gasteiger partial charge in [-0.25, -0.2) is 19.8 Å². The van der Waals surface area contributed by atoms with Crippen LogP contribution in [0.2, 0.25) is 0 Å². The Morgan fingerprint density at radius 1 is 1.11 bits per heavy atom. The monoisotopic (exact) mass is 480 g/mol. The van der Waals surface area contributed by atoms with Crippen molar-refractivity contribution in [3.63, 3.8) is 0 Å². The topological polar surface area (TPSA) is 112 Å². The van der Waals surface area contributed by atoms with Gasteiger partial charge < -0.3 is 10.3 Å². The van der Waals surface area contributed by atoms with Crippen LogP contribution in [0.15, 0.2) is 73.3 Å². The van der Waals surface area contributed by atoms with Crippen molar-refractivity contribution in [2.24, 2.45) is 0 Å². The Morgan fingerprint density at radius 3 is 2.89 bits per heavy atom. The van der Waals surface area contributed by atoms with Gasteiger partial charge in [0, 0.05) is 29.9 Å². The molecule has 1 aliphatic heterocycles. The van der Waals surface area contributed by atoms with Crippen LogP contribution < -0.4 is 15.8 Å². The van der Waals surface area contributed by atoms with E-state index in [4.69, 9.17) is 4.98 Å². The summed E-state index contributed by atoms with van der Waals surface area (Å²) in [6.07, 6.45) is 7.06. The number of carbonyl (C=O) groups excluding carboxylic acids is 1. The molecule has 178 valence electrons. The highest BCUT2D eigenvalue weighted by Gasteiger charge is 2.34. The molecule has 1 aromatic carbocycles. The molecule has 10 heteroatoms. The first-order valence-electron chi connectivity index (χ1n) is 11.5. The number of hydrogen-bond donors (Lipinski definition) is 3. The zero-order valence-electron chi connectivity index (χ0n) is 19.2. The number of amides is 1. The molecule has 1 amide bonds. The van der Waals surface area contributed by atoms with Crippen molar-refractivity contribution in [1.29, 1.82) is 0 Å². The molecule has 0 radical (unpaired) electrons. The fraction of sp³-hybridized carbons (Fsp3) is 0.115. The minimum Gasteiger partial charge on any atom is -0.340 e. The van der Waals surface area contributed by atoms with E-state index in [1.54, 1.807) is 37.8 Å². The van der Waals surface area contributed by atoms with Crippen molar-refractivity contribution in [1.82, 2.24) is 30.3 Å². The molecule has 1 unspecified atom stereocenters. The van der Waals surface area contributed by atoms with Gasteiger partial charge in [0.15, 0.2) is 5.82 Å². The Hall–Kier alpha value is -4.70. The molecule has 0 fully saturated rings. The molecule has 1 aliphatic rings. The van der Waals surface area contributed by atoms with Crippen LogP contribution in [-0.2, 0) is 4.79 Å². The number of carbonyl (C=O) groups is 1. The maximum Gasteiger partial charge on any atom is 0.224 e. The fourth-order valence-corrected chi connectivity index (χ4v) is 4.29. The van der Waals surface area contributed by atoms with Crippen molar-refractivity contribution in [3.8, 4) is 11.3 Å². The lowest BCUT2D eigenvalue weighted by Crippen LogP contribution is -2.31. The SMILES string of the molecule is CCC(=O)Nc1cncc(N2NC(c3nc4c(-c5cccc(F)c5)nccc4[nH]3)c3cccnc32)c1. The van der Waals surface area contributed by atoms with E-state index in [2.05, 4.69) is 30.7 Å². The molecule has 9 nitrogen and oxygen atoms in total. The van der Waals surface area contributed by atoms with E-state index in [-0.39, 0.29) is 17.8 Å². The van der Waals surface area contributed by atoms with E-state index in [1.807, 2.05) is 35.3 Å². The molecule has 6 rings (SSSR count). The van der Waals surface area contributed by atoms with Crippen LogP contribution in [0.5, 0.6) is 0 Å². The first kappa shape index (κ1) is 21.8. The van der Waals surface area contributed by atoms with Gasteiger partial charge >= 0.3 is 0 Å². The summed E-state index contributed by atoms with van der Waals surface area (Å²) in [6.45, 7) is 1.79. The molecule has 0 bridgehead atoms. The van der Waals surface area contributed by atoms with E-state index in [0.29, 0.717) is 46.2 Å². The third-order valence-electron chi connectivity index (χ3n) is 5.98. The summed E-state index contributed by atoms with van der Waals surface area (Å²) >= 11 is 0. The molecular weight excluding hydrogens is 459 g/mol. The third-order valence-corrected chi connectivity index (χ3v) is 5.98. The second kappa shape index (κ2) is 8.82. The summed E-state index contributed by atoms with van der Waals surface area (Å²) in [5.74, 6) is 0.939. The number of imidazole rings is 1. The van der Waals surface area contributed by atoms with E-state index < -0.39 is 0 Å². The number of benzene rings is 1. The number of halogens is 1. The van der Waals surface area contributed by atoms with Gasteiger partial charge in [-0.2, -0.15) is 0 Å². The van der Waals surface area contributed by atoms with Gasteiger partial charge in [0.2, 0.25) is 5.91 Å². The fourth-order valence-electron chi connectivity index (χ4n) is 4.29. The van der Waals surface area contributed by atoms with Crippen molar-refractivity contribution < 1.29 is 9.18 Å². The van der Waals surface area contributed by atoms with Crippen LogP contribution in [0, 0.1) is 5.82 Å². The Bertz CT molecular complexity index is 1600. The Morgan fingerprint density at radius 2 is 2.03 bits per heavy atom. The van der Waals surface area contributed by atoms with Crippen molar-refractivity contribution >= 4 is 34.1 Å². The molecule has 0 saturated carbocycles. The number of aromatic nitrogens is 5. The average molecular weight is 481 g/mol. The van der Waals surface area contributed by atoms with Gasteiger partial charge in [0.25, 0.3) is 0 Å². The van der Waals surface area contributed by atoms with Crippen molar-refractivity contribution in [2.45, 2.75) is 19.4 Å². The van der Waals surface area contributed by atoms with Gasteiger partial charge in [0.05, 0.1) is 35.0 Å². The molecular formula is C26H21FN8O. The quantitative estimate of drug-likeness (QED) is 0.336. The second-order valence-electron chi connectivity index (χ2n) is 8.34. The van der Waals surface area contributed by atoms with Crippen LogP contribution in [0.4, 0.5) is 21.6 Å². The third kappa shape index (κ3) is 3.83. The predicted molar refractivity (Wildman–Crippen MR) is 134 cm³/mol. The molecule has 3 N–H and O–H groups in total. The molecule has 0 spiro atoms. The molecule has 36 heavy (non-hydrogen) atoms. The molecule has 0 aliphatic carbocycles. The molecule has 4 aromatic heterocycles. The highest BCUT2D eigenvalue weighted by molar-refractivity contribution is 5.91. The number of aromatic amines is 1. The van der Waals surface area contributed by atoms with Gasteiger partial charge in [-0.15, -0.1) is 0 Å². The summed E-state index contributed by atoms with van der Waals surface area (Å²) < 4.78 is 13.9. The molecule has 1 atom stereocenters. The number of pyridine rings is 3. The van der Waals surface area contributed by atoms with Gasteiger partial charge in [-0.3, -0.25) is 19.8 Å². The van der Waals surface area contributed by atoms with Crippen LogP contribution in [0.3, 0.4) is 0 Å². The molecule has 5 aromatic rings. The largest absolute Gasteiger partial charge is 0.340 e. The van der Waals surface area contributed by atoms with Crippen molar-refractivity contribution in [2.75, 3.05) is 10.3 Å². The van der Waals surface area contributed by atoms with Crippen LogP contribution in [0.25, 0.3) is 22.3 Å². The summed E-state index contributed by atoms with van der Waals surface area (Å²) in [5, 5.41) is 4.66. The molecule has 0 saturated heterocycles. The van der Waals surface area contributed by atoms with E-state index in [9.17, 15) is 9.18 Å². The number of rotatable bonds is 5. The first-order chi connectivity index (χ1) is 17.6. The van der Waals surface area contributed by atoms with E-state index in [1.165, 1.54) is 12.1 Å². The Balaban J connectivity index is 1.39. The Labute approximate surface area is 205 Å². The van der Waals surface area contributed by atoms with Crippen LogP contribution in [-0.4, -0.2) is 30.8 Å². The number of fused-ring (bicyclic) bond motifs is 2. The van der Waals surface area contributed by atoms with Crippen molar-refractivity contribution in [3.05, 3.63) is 90.5 Å². The summed E-state index contributed by atoms with van der Waals surface area (Å²) in [6, 6.07) is 13.5.